The molecule has 0 aromatic heterocycles. The van der Waals surface area contributed by atoms with Crippen LogP contribution < -0.4 is 0 Å². The summed E-state index contributed by atoms with van der Waals surface area (Å²) in [6.45, 7) is 10.9. The van der Waals surface area contributed by atoms with E-state index in [-0.39, 0.29) is 11.2 Å². The Kier molecular flexibility index (Phi) is 4.22. The third-order valence-corrected chi connectivity index (χ3v) is 4.22. The zero-order valence-electron chi connectivity index (χ0n) is 13.7. The lowest BCUT2D eigenvalue weighted by atomic mass is 9.82. The fourth-order valence-electron chi connectivity index (χ4n) is 2.89. The first kappa shape index (κ1) is 15.7. The minimum absolute atomic E-state index is 0.0868. The maximum atomic E-state index is 11.6. The second kappa shape index (κ2) is 5.63. The van der Waals surface area contributed by atoms with Crippen molar-refractivity contribution in [2.24, 2.45) is 4.99 Å². The predicted molar refractivity (Wildman–Crippen MR) is 86.5 cm³/mol. The Hall–Kier alpha value is -1.64. The van der Waals surface area contributed by atoms with Gasteiger partial charge in [0.15, 0.2) is 0 Å². The van der Waals surface area contributed by atoms with Gasteiger partial charge in [-0.15, -0.1) is 0 Å². The van der Waals surface area contributed by atoms with Crippen molar-refractivity contribution in [1.82, 2.24) is 0 Å². The second-order valence-corrected chi connectivity index (χ2v) is 7.03. The Morgan fingerprint density at radius 3 is 2.52 bits per heavy atom. The van der Waals surface area contributed by atoms with Crippen molar-refractivity contribution in [3.8, 4) is 5.75 Å². The van der Waals surface area contributed by atoms with Crippen LogP contribution >= 0.6 is 0 Å². The van der Waals surface area contributed by atoms with Gasteiger partial charge in [-0.3, -0.25) is 9.79 Å². The topological polar surface area (TPSA) is 49.7 Å². The first-order valence-electron chi connectivity index (χ1n) is 7.56. The highest BCUT2D eigenvalue weighted by atomic mass is 16.3. The molecule has 0 saturated carbocycles. The molecule has 1 aromatic carbocycles. The van der Waals surface area contributed by atoms with Gasteiger partial charge in [-0.25, -0.2) is 0 Å². The predicted octanol–water partition coefficient (Wildman–Crippen LogP) is 3.65. The van der Waals surface area contributed by atoms with Crippen LogP contribution in [0.25, 0.3) is 0 Å². The van der Waals surface area contributed by atoms with Crippen LogP contribution in [0.2, 0.25) is 0 Å². The number of aliphatic imine (C=N–C) groups is 1. The van der Waals surface area contributed by atoms with Gasteiger partial charge in [0.25, 0.3) is 0 Å². The zero-order chi connectivity index (χ0) is 15.8. The number of benzene rings is 1. The molecule has 0 amide bonds. The molecule has 1 N–H and O–H groups in total. The van der Waals surface area contributed by atoms with E-state index in [1.807, 2.05) is 6.92 Å². The van der Waals surface area contributed by atoms with Crippen molar-refractivity contribution < 1.29 is 9.90 Å². The van der Waals surface area contributed by atoms with E-state index in [4.69, 9.17) is 0 Å². The molecule has 0 unspecified atom stereocenters. The maximum absolute atomic E-state index is 11.6. The molecular formula is C18H25NO2. The molecule has 2 rings (SSSR count). The minimum Gasteiger partial charge on any atom is -0.507 e. The molecule has 0 fully saturated rings. The summed E-state index contributed by atoms with van der Waals surface area (Å²) in [6, 6.07) is 2.07. The molecule has 3 heteroatoms. The van der Waals surface area contributed by atoms with Gasteiger partial charge in [0.1, 0.15) is 11.5 Å². The van der Waals surface area contributed by atoms with E-state index in [1.165, 1.54) is 0 Å². The molecule has 0 saturated heterocycles. The molecule has 0 spiro atoms. The van der Waals surface area contributed by atoms with E-state index in [9.17, 15) is 9.90 Å². The summed E-state index contributed by atoms with van der Waals surface area (Å²) in [6.07, 6.45) is 1.69. The highest BCUT2D eigenvalue weighted by Crippen LogP contribution is 2.36. The molecular weight excluding hydrogens is 262 g/mol. The lowest BCUT2D eigenvalue weighted by Crippen LogP contribution is -2.19. The van der Waals surface area contributed by atoms with Crippen LogP contribution in [0.4, 0.5) is 0 Å². The van der Waals surface area contributed by atoms with Crippen molar-refractivity contribution >= 4 is 11.5 Å². The summed E-state index contributed by atoms with van der Waals surface area (Å²) in [4.78, 5) is 16.0. The SMILES string of the molecule is Cc1cc(C(C)(C)C)c(O)c(C)c1CC1=NCCC(=O)C1. The highest BCUT2D eigenvalue weighted by molar-refractivity contribution is 6.04. The van der Waals surface area contributed by atoms with Crippen LogP contribution in [0.3, 0.4) is 0 Å². The molecule has 0 radical (unpaired) electrons. The molecule has 1 aliphatic heterocycles. The monoisotopic (exact) mass is 287 g/mol. The minimum atomic E-state index is -0.0868. The van der Waals surface area contributed by atoms with Gasteiger partial charge >= 0.3 is 0 Å². The summed E-state index contributed by atoms with van der Waals surface area (Å²) in [5, 5.41) is 10.5. The summed E-state index contributed by atoms with van der Waals surface area (Å²) in [7, 11) is 0. The van der Waals surface area contributed by atoms with Crippen LogP contribution in [0, 0.1) is 13.8 Å². The normalized spacial score (nSPS) is 16.0. The third kappa shape index (κ3) is 3.34. The number of aromatic hydroxyl groups is 1. The summed E-state index contributed by atoms with van der Waals surface area (Å²) in [5.74, 6) is 0.650. The standard InChI is InChI=1S/C18H25NO2/c1-11-8-16(18(3,4)5)17(21)12(2)15(11)10-13-9-14(20)6-7-19-13/h8,21H,6-7,9-10H2,1-5H3. The summed E-state index contributed by atoms with van der Waals surface area (Å²) >= 11 is 0. The van der Waals surface area contributed by atoms with Gasteiger partial charge < -0.3 is 5.11 Å². The first-order chi connectivity index (χ1) is 9.70. The highest BCUT2D eigenvalue weighted by Gasteiger charge is 2.23. The molecule has 1 heterocycles. The molecule has 0 aliphatic carbocycles. The average Bonchev–Trinajstić information content (AvgIpc) is 2.37. The van der Waals surface area contributed by atoms with Crippen molar-refractivity contribution in [3.63, 3.8) is 0 Å². The second-order valence-electron chi connectivity index (χ2n) is 7.03. The lowest BCUT2D eigenvalue weighted by molar-refractivity contribution is -0.118. The maximum Gasteiger partial charge on any atom is 0.140 e. The van der Waals surface area contributed by atoms with E-state index in [1.54, 1.807) is 0 Å². The van der Waals surface area contributed by atoms with Gasteiger partial charge in [-0.05, 0) is 41.5 Å². The molecule has 114 valence electrons. The van der Waals surface area contributed by atoms with E-state index in [2.05, 4.69) is 38.8 Å². The number of hydrogen-bond donors (Lipinski definition) is 1. The van der Waals surface area contributed by atoms with E-state index < -0.39 is 0 Å². The molecule has 21 heavy (non-hydrogen) atoms. The molecule has 0 bridgehead atoms. The number of rotatable bonds is 2. The van der Waals surface area contributed by atoms with Gasteiger partial charge in [0.05, 0.1) is 0 Å². The Bertz CT molecular complexity index is 607. The Morgan fingerprint density at radius 1 is 1.29 bits per heavy atom. The van der Waals surface area contributed by atoms with E-state index in [0.29, 0.717) is 31.6 Å². The van der Waals surface area contributed by atoms with Gasteiger partial charge in [-0.1, -0.05) is 26.8 Å². The first-order valence-corrected chi connectivity index (χ1v) is 7.56. The van der Waals surface area contributed by atoms with Crippen molar-refractivity contribution in [3.05, 3.63) is 28.3 Å². The van der Waals surface area contributed by atoms with Crippen LogP contribution in [0.1, 0.15) is 55.9 Å². The lowest BCUT2D eigenvalue weighted by Gasteiger charge is -2.24. The van der Waals surface area contributed by atoms with Crippen LogP contribution in [-0.2, 0) is 16.6 Å². The fourth-order valence-corrected chi connectivity index (χ4v) is 2.89. The number of carbonyl (C=O) groups is 1. The quantitative estimate of drug-likeness (QED) is 0.902. The number of Topliss-reactive ketones (excluding diaryl/α,β-unsaturated/α-hetero) is 1. The number of aryl methyl sites for hydroxylation is 1. The molecule has 1 aromatic rings. The Labute approximate surface area is 127 Å². The number of nitrogens with zero attached hydrogens (tertiary/aromatic N) is 1. The molecule has 3 nitrogen and oxygen atoms in total. The summed E-state index contributed by atoms with van der Waals surface area (Å²) in [5.41, 5.74) is 5.02. The van der Waals surface area contributed by atoms with Crippen LogP contribution in [-0.4, -0.2) is 23.1 Å². The average molecular weight is 287 g/mol. The van der Waals surface area contributed by atoms with Gasteiger partial charge in [0, 0.05) is 31.5 Å². The van der Waals surface area contributed by atoms with Crippen LogP contribution in [0.15, 0.2) is 11.1 Å². The van der Waals surface area contributed by atoms with E-state index in [0.717, 1.165) is 28.0 Å². The van der Waals surface area contributed by atoms with Crippen molar-refractivity contribution in [2.45, 2.75) is 59.3 Å². The van der Waals surface area contributed by atoms with Crippen molar-refractivity contribution in [1.29, 1.82) is 0 Å². The molecule has 0 atom stereocenters. The van der Waals surface area contributed by atoms with Crippen molar-refractivity contribution in [2.75, 3.05) is 6.54 Å². The fraction of sp³-hybridized carbons (Fsp3) is 0.556. The van der Waals surface area contributed by atoms with E-state index >= 15 is 0 Å². The number of phenols is 1. The number of hydrogen-bond acceptors (Lipinski definition) is 3. The Morgan fingerprint density at radius 2 is 1.95 bits per heavy atom. The third-order valence-electron chi connectivity index (χ3n) is 4.22. The smallest absolute Gasteiger partial charge is 0.140 e. The Balaban J connectivity index is 2.40. The van der Waals surface area contributed by atoms with Crippen LogP contribution in [0.5, 0.6) is 5.75 Å². The summed E-state index contributed by atoms with van der Waals surface area (Å²) < 4.78 is 0. The number of ketones is 1. The van der Waals surface area contributed by atoms with Gasteiger partial charge in [-0.2, -0.15) is 0 Å². The molecule has 1 aliphatic rings. The van der Waals surface area contributed by atoms with Gasteiger partial charge in [0.2, 0.25) is 0 Å². The number of carbonyl (C=O) groups excluding carboxylic acids is 1. The number of phenolic OH excluding ortho intramolecular Hbond substituents is 1. The zero-order valence-corrected chi connectivity index (χ0v) is 13.7. The largest absolute Gasteiger partial charge is 0.507 e.